The van der Waals surface area contributed by atoms with E-state index in [0.717, 1.165) is 0 Å². The number of hydrogen-bond acceptors (Lipinski definition) is 4. The number of carbonyl (C=O) groups is 1. The fourth-order valence-corrected chi connectivity index (χ4v) is 2.09. The Labute approximate surface area is 142 Å². The molecule has 0 saturated carbocycles. The van der Waals surface area contributed by atoms with Crippen LogP contribution in [0, 0.1) is 0 Å². The first-order valence-corrected chi connectivity index (χ1v) is 7.13. The molecule has 0 aliphatic carbocycles. The van der Waals surface area contributed by atoms with Gasteiger partial charge < -0.3 is 14.2 Å². The Bertz CT molecular complexity index is 782. The summed E-state index contributed by atoms with van der Waals surface area (Å²) >= 11 is 0. The summed E-state index contributed by atoms with van der Waals surface area (Å²) in [5.41, 5.74) is 0.441. The van der Waals surface area contributed by atoms with E-state index in [9.17, 15) is 18.0 Å². The molecule has 4 nitrogen and oxygen atoms in total. The lowest BCUT2D eigenvalue weighted by atomic mass is 10.1. The predicted molar refractivity (Wildman–Crippen MR) is 86.0 cm³/mol. The zero-order valence-electron chi connectivity index (χ0n) is 13.5. The maximum Gasteiger partial charge on any atom is 0.573 e. The third-order valence-electron chi connectivity index (χ3n) is 3.23. The van der Waals surface area contributed by atoms with Crippen LogP contribution in [0.4, 0.5) is 13.2 Å². The summed E-state index contributed by atoms with van der Waals surface area (Å²) in [6, 6.07) is 10.1. The predicted octanol–water partition coefficient (Wildman–Crippen LogP) is 4.50. The summed E-state index contributed by atoms with van der Waals surface area (Å²) in [6.07, 6.45) is -2.38. The van der Waals surface area contributed by atoms with Crippen molar-refractivity contribution in [2.45, 2.75) is 6.36 Å². The summed E-state index contributed by atoms with van der Waals surface area (Å²) in [7, 11) is 2.91. The van der Waals surface area contributed by atoms with Crippen molar-refractivity contribution in [2.75, 3.05) is 14.2 Å². The highest BCUT2D eigenvalue weighted by molar-refractivity contribution is 6.07. The molecule has 0 heterocycles. The maximum atomic E-state index is 12.4. The Hall–Kier alpha value is -2.96. The van der Waals surface area contributed by atoms with Gasteiger partial charge in [0, 0.05) is 11.1 Å². The van der Waals surface area contributed by atoms with Crippen molar-refractivity contribution in [3.05, 3.63) is 59.7 Å². The fourth-order valence-electron chi connectivity index (χ4n) is 2.09. The van der Waals surface area contributed by atoms with E-state index in [0.29, 0.717) is 17.1 Å². The number of benzene rings is 2. The van der Waals surface area contributed by atoms with Crippen molar-refractivity contribution in [2.24, 2.45) is 0 Å². The van der Waals surface area contributed by atoms with Crippen LogP contribution >= 0.6 is 0 Å². The number of allylic oxidation sites excluding steroid dienone is 1. The summed E-state index contributed by atoms with van der Waals surface area (Å²) in [4.78, 5) is 12.2. The van der Waals surface area contributed by atoms with Gasteiger partial charge in [0.2, 0.25) is 0 Å². The summed E-state index contributed by atoms with van der Waals surface area (Å²) in [5, 5.41) is 0. The normalized spacial score (nSPS) is 11.4. The third kappa shape index (κ3) is 5.00. The van der Waals surface area contributed by atoms with Gasteiger partial charge >= 0.3 is 6.36 Å². The Morgan fingerprint density at radius 1 is 0.960 bits per heavy atom. The highest BCUT2D eigenvalue weighted by atomic mass is 19.4. The van der Waals surface area contributed by atoms with Crippen LogP contribution in [-0.2, 0) is 0 Å². The molecule has 2 aromatic carbocycles. The Kier molecular flexibility index (Phi) is 5.69. The lowest BCUT2D eigenvalue weighted by Crippen LogP contribution is -2.17. The third-order valence-corrected chi connectivity index (χ3v) is 3.23. The van der Waals surface area contributed by atoms with Crippen LogP contribution in [0.1, 0.15) is 15.9 Å². The molecule has 0 spiro atoms. The standard InChI is InChI=1S/C18H15F3O4/c1-23-16-10-8-13(11-17(16)24-2)14(22)9-7-12-5-3-4-6-15(12)25-18(19,20)21/h3-11H,1-2H3/b9-7+. The molecule has 0 aliphatic rings. The van der Waals surface area contributed by atoms with Crippen LogP contribution in [0.15, 0.2) is 48.5 Å². The molecular weight excluding hydrogens is 337 g/mol. The molecule has 0 N–H and O–H groups in total. The van der Waals surface area contributed by atoms with Crippen LogP contribution in [-0.4, -0.2) is 26.4 Å². The number of methoxy groups -OCH3 is 2. The van der Waals surface area contributed by atoms with E-state index in [1.807, 2.05) is 0 Å². The Balaban J connectivity index is 2.24. The lowest BCUT2D eigenvalue weighted by Gasteiger charge is -2.11. The number of rotatable bonds is 6. The lowest BCUT2D eigenvalue weighted by molar-refractivity contribution is -0.274. The number of ether oxygens (including phenoxy) is 3. The highest BCUT2D eigenvalue weighted by Gasteiger charge is 2.31. The van der Waals surface area contributed by atoms with Gasteiger partial charge in [0.1, 0.15) is 5.75 Å². The van der Waals surface area contributed by atoms with Gasteiger partial charge in [0.05, 0.1) is 14.2 Å². The van der Waals surface area contributed by atoms with Gasteiger partial charge in [0.25, 0.3) is 0 Å². The zero-order chi connectivity index (χ0) is 18.4. The number of hydrogen-bond donors (Lipinski definition) is 0. The molecule has 0 atom stereocenters. The summed E-state index contributed by atoms with van der Waals surface area (Å²) in [5.74, 6) is 0.0589. The Morgan fingerprint density at radius 3 is 2.28 bits per heavy atom. The first-order chi connectivity index (χ1) is 11.8. The van der Waals surface area contributed by atoms with Crippen molar-refractivity contribution in [1.82, 2.24) is 0 Å². The largest absolute Gasteiger partial charge is 0.573 e. The smallest absolute Gasteiger partial charge is 0.493 e. The molecule has 0 radical (unpaired) electrons. The number of carbonyl (C=O) groups excluding carboxylic acids is 1. The van der Waals surface area contributed by atoms with Crippen LogP contribution in [0.25, 0.3) is 6.08 Å². The van der Waals surface area contributed by atoms with Crippen molar-refractivity contribution in [1.29, 1.82) is 0 Å². The molecule has 7 heteroatoms. The van der Waals surface area contributed by atoms with Crippen LogP contribution in [0.2, 0.25) is 0 Å². The minimum Gasteiger partial charge on any atom is -0.493 e. The van der Waals surface area contributed by atoms with Gasteiger partial charge in [-0.3, -0.25) is 4.79 Å². The van der Waals surface area contributed by atoms with Crippen molar-refractivity contribution >= 4 is 11.9 Å². The van der Waals surface area contributed by atoms with Crippen molar-refractivity contribution < 1.29 is 32.2 Å². The molecule has 0 saturated heterocycles. The van der Waals surface area contributed by atoms with E-state index >= 15 is 0 Å². The monoisotopic (exact) mass is 352 g/mol. The van der Waals surface area contributed by atoms with Crippen LogP contribution < -0.4 is 14.2 Å². The van der Waals surface area contributed by atoms with E-state index in [1.54, 1.807) is 12.1 Å². The fraction of sp³-hybridized carbons (Fsp3) is 0.167. The van der Waals surface area contributed by atoms with Crippen LogP contribution in [0.5, 0.6) is 17.2 Å². The van der Waals surface area contributed by atoms with Gasteiger partial charge in [-0.1, -0.05) is 18.2 Å². The van der Waals surface area contributed by atoms with E-state index in [-0.39, 0.29) is 11.3 Å². The number of ketones is 1. The van der Waals surface area contributed by atoms with E-state index < -0.39 is 12.1 Å². The molecule has 0 unspecified atom stereocenters. The molecule has 0 aromatic heterocycles. The molecule has 25 heavy (non-hydrogen) atoms. The first-order valence-electron chi connectivity index (χ1n) is 7.13. The number of halogens is 3. The highest BCUT2D eigenvalue weighted by Crippen LogP contribution is 2.29. The SMILES string of the molecule is COc1ccc(C(=O)/C=C/c2ccccc2OC(F)(F)F)cc1OC. The average molecular weight is 352 g/mol. The van der Waals surface area contributed by atoms with Gasteiger partial charge in [-0.25, -0.2) is 0 Å². The molecular formula is C18H15F3O4. The van der Waals surface area contributed by atoms with Gasteiger partial charge in [-0.05, 0) is 36.4 Å². The Morgan fingerprint density at radius 2 is 1.64 bits per heavy atom. The van der Waals surface area contributed by atoms with Crippen LogP contribution in [0.3, 0.4) is 0 Å². The molecule has 132 valence electrons. The topological polar surface area (TPSA) is 44.8 Å². The second-order valence-electron chi connectivity index (χ2n) is 4.85. The van der Waals surface area contributed by atoms with Gasteiger partial charge in [0.15, 0.2) is 17.3 Å². The van der Waals surface area contributed by atoms with Crippen molar-refractivity contribution in [3.8, 4) is 17.2 Å². The zero-order valence-corrected chi connectivity index (χ0v) is 13.5. The van der Waals surface area contributed by atoms with Gasteiger partial charge in [-0.15, -0.1) is 13.2 Å². The molecule has 0 bridgehead atoms. The molecule has 2 aromatic rings. The van der Waals surface area contributed by atoms with E-state index in [2.05, 4.69) is 4.74 Å². The first kappa shape index (κ1) is 18.4. The minimum atomic E-state index is -4.81. The molecule has 0 amide bonds. The van der Waals surface area contributed by atoms with E-state index in [1.165, 1.54) is 56.7 Å². The molecule has 0 aliphatic heterocycles. The quantitative estimate of drug-likeness (QED) is 0.567. The number of alkyl halides is 3. The average Bonchev–Trinajstić information content (AvgIpc) is 2.58. The molecule has 2 rings (SSSR count). The second kappa shape index (κ2) is 7.74. The van der Waals surface area contributed by atoms with Crippen molar-refractivity contribution in [3.63, 3.8) is 0 Å². The summed E-state index contributed by atoms with van der Waals surface area (Å²) in [6.45, 7) is 0. The second-order valence-corrected chi connectivity index (χ2v) is 4.85. The van der Waals surface area contributed by atoms with Gasteiger partial charge in [-0.2, -0.15) is 0 Å². The minimum absolute atomic E-state index is 0.133. The van der Waals surface area contributed by atoms with E-state index in [4.69, 9.17) is 9.47 Å². The maximum absolute atomic E-state index is 12.4. The summed E-state index contributed by atoms with van der Waals surface area (Å²) < 4.78 is 51.3. The molecule has 0 fully saturated rings. The number of para-hydroxylation sites is 1.